The van der Waals surface area contributed by atoms with Gasteiger partial charge in [-0.2, -0.15) is 0 Å². The molecule has 12 N–H and O–H groups in total. The van der Waals surface area contributed by atoms with Gasteiger partial charge in [-0.1, -0.05) is 0 Å². The fourth-order valence-corrected chi connectivity index (χ4v) is 5.79. The van der Waals surface area contributed by atoms with E-state index in [1.807, 2.05) is 0 Å². The van der Waals surface area contributed by atoms with Crippen LogP contribution in [0.15, 0.2) is 0 Å². The van der Waals surface area contributed by atoms with Crippen molar-refractivity contribution in [1.29, 1.82) is 0 Å². The Balaban J connectivity index is 0.000000163. The second-order valence-corrected chi connectivity index (χ2v) is 10.6. The van der Waals surface area contributed by atoms with Crippen LogP contribution in [0.5, 0.6) is 0 Å². The lowest BCUT2D eigenvalue weighted by Gasteiger charge is -2.15. The zero-order valence-corrected chi connectivity index (χ0v) is 25.0. The molecule has 0 radical (unpaired) electrons. The van der Waals surface area contributed by atoms with Crippen molar-refractivity contribution in [1.82, 2.24) is 0 Å². The van der Waals surface area contributed by atoms with E-state index in [1.165, 1.54) is 0 Å². The molecular weight excluding hydrogens is 660 g/mol. The highest BCUT2D eigenvalue weighted by atomic mass is 16.7. The quantitative estimate of drug-likeness (QED) is 0.145. The van der Waals surface area contributed by atoms with Crippen LogP contribution in [0.25, 0.3) is 0 Å². The SMILES string of the molecule is NC(=O)O[C@@H]1CO[C@H]2[C@@H]1OC[C@H]2OC(N)=O.NC(=O)O[C@H]1CO[C@H]2[C@@H]1OC[C@@H]2OC(N)=O.NC(=O)O[C@H]1CO[C@H]2[C@@H]1OC[C@H]2OC(N)=O. The average Bonchev–Trinajstić information content (AvgIpc) is 3.80. The van der Waals surface area contributed by atoms with Crippen molar-refractivity contribution < 1.29 is 85.6 Å². The second kappa shape index (κ2) is 16.0. The molecule has 6 rings (SSSR count). The lowest BCUT2D eigenvalue weighted by Crippen LogP contribution is -2.37. The van der Waals surface area contributed by atoms with E-state index in [4.69, 9.17) is 91.2 Å². The van der Waals surface area contributed by atoms with Crippen molar-refractivity contribution in [2.45, 2.75) is 73.2 Å². The van der Waals surface area contributed by atoms with E-state index in [9.17, 15) is 28.8 Å². The highest BCUT2D eigenvalue weighted by molar-refractivity contribution is 5.66. The Kier molecular flexibility index (Phi) is 12.1. The third kappa shape index (κ3) is 9.26. The molecule has 0 aromatic rings. The van der Waals surface area contributed by atoms with Crippen LogP contribution in [0.1, 0.15) is 0 Å². The molecule has 0 spiro atoms. The molecule has 0 aliphatic carbocycles. The first kappa shape index (κ1) is 36.2. The number of primary amides is 6. The van der Waals surface area contributed by atoms with E-state index < -0.39 is 110 Å². The molecule has 6 saturated heterocycles. The molecule has 270 valence electrons. The number of fused-ring (bicyclic) bond motifs is 3. The minimum atomic E-state index is -0.892. The lowest BCUT2D eigenvalue weighted by atomic mass is 10.1. The highest BCUT2D eigenvalue weighted by Crippen LogP contribution is 2.32. The van der Waals surface area contributed by atoms with E-state index >= 15 is 0 Å². The Labute approximate surface area is 269 Å². The van der Waals surface area contributed by atoms with Gasteiger partial charge in [0.1, 0.15) is 36.6 Å². The minimum Gasteiger partial charge on any atom is -0.441 e. The van der Waals surface area contributed by atoms with E-state index in [1.54, 1.807) is 0 Å². The summed E-state index contributed by atoms with van der Waals surface area (Å²) in [5, 5.41) is 0. The first-order valence-electron chi connectivity index (χ1n) is 14.2. The number of ether oxygens (including phenoxy) is 12. The van der Waals surface area contributed by atoms with E-state index in [0.717, 1.165) is 0 Å². The number of carbonyl (C=O) groups is 6. The standard InChI is InChI=1S/3C8H12N2O6/c3*9-7(11)15-3-1-13-6-4(16-8(10)12)2-14-5(3)6/h3*3-6H,1-2H2,(H2,9,11)(H2,10,12)/t3-,4+,5-,6-;3-,4-,5+,6+;3-,4-,5-,6-/m101/s1. The predicted molar refractivity (Wildman–Crippen MR) is 145 cm³/mol. The number of hydrogen-bond donors (Lipinski definition) is 6. The van der Waals surface area contributed by atoms with Crippen LogP contribution in [0.2, 0.25) is 0 Å². The maximum atomic E-state index is 10.6. The first-order valence-corrected chi connectivity index (χ1v) is 14.2. The predicted octanol–water partition coefficient (Wildman–Crippen LogP) is -3.86. The summed E-state index contributed by atoms with van der Waals surface area (Å²) in [6.45, 7) is 0.982. The number of hydrogen-bond acceptors (Lipinski definition) is 18. The molecule has 6 amide bonds. The summed E-state index contributed by atoms with van der Waals surface area (Å²) >= 11 is 0. The van der Waals surface area contributed by atoms with Gasteiger partial charge in [0, 0.05) is 0 Å². The van der Waals surface area contributed by atoms with Gasteiger partial charge in [-0.15, -0.1) is 0 Å². The Morgan fingerprint density at radius 3 is 0.542 bits per heavy atom. The van der Waals surface area contributed by atoms with Gasteiger partial charge in [-0.25, -0.2) is 28.8 Å². The molecule has 6 fully saturated rings. The summed E-state index contributed by atoms with van der Waals surface area (Å²) in [6, 6.07) is 0. The second-order valence-electron chi connectivity index (χ2n) is 10.6. The number of amides is 6. The fourth-order valence-electron chi connectivity index (χ4n) is 5.79. The summed E-state index contributed by atoms with van der Waals surface area (Å²) in [5.41, 5.74) is 29.4. The zero-order valence-electron chi connectivity index (χ0n) is 25.0. The molecule has 48 heavy (non-hydrogen) atoms. The van der Waals surface area contributed by atoms with E-state index in [-0.39, 0.29) is 39.6 Å². The first-order chi connectivity index (χ1) is 22.7. The molecule has 6 aliphatic heterocycles. The molecule has 6 heterocycles. The normalized spacial score (nSPS) is 36.8. The average molecular weight is 697 g/mol. The van der Waals surface area contributed by atoms with Gasteiger partial charge >= 0.3 is 36.6 Å². The lowest BCUT2D eigenvalue weighted by molar-refractivity contribution is -0.00887. The molecule has 24 nitrogen and oxygen atoms in total. The van der Waals surface area contributed by atoms with Crippen LogP contribution < -0.4 is 34.4 Å². The number of carbonyl (C=O) groups excluding carboxylic acids is 6. The zero-order chi connectivity index (χ0) is 35.1. The van der Waals surface area contributed by atoms with E-state index in [2.05, 4.69) is 0 Å². The van der Waals surface area contributed by atoms with Gasteiger partial charge in [0.05, 0.1) is 39.6 Å². The highest BCUT2D eigenvalue weighted by Gasteiger charge is 2.53. The molecule has 0 saturated carbocycles. The molecule has 0 unspecified atom stereocenters. The van der Waals surface area contributed by atoms with E-state index in [0.29, 0.717) is 0 Å². The van der Waals surface area contributed by atoms with Gasteiger partial charge in [0.15, 0.2) is 36.6 Å². The summed E-state index contributed by atoms with van der Waals surface area (Å²) in [6.07, 6.45) is -11.5. The molecule has 12 atom stereocenters. The van der Waals surface area contributed by atoms with Crippen LogP contribution in [0.3, 0.4) is 0 Å². The van der Waals surface area contributed by atoms with Gasteiger partial charge in [-0.05, 0) is 0 Å². The molecule has 6 aliphatic rings. The van der Waals surface area contributed by atoms with Gasteiger partial charge in [-0.3, -0.25) is 0 Å². The smallest absolute Gasteiger partial charge is 0.404 e. The largest absolute Gasteiger partial charge is 0.441 e. The van der Waals surface area contributed by atoms with Crippen molar-refractivity contribution in [2.24, 2.45) is 34.4 Å². The van der Waals surface area contributed by atoms with Crippen LogP contribution in [0.4, 0.5) is 28.8 Å². The summed E-state index contributed by atoms with van der Waals surface area (Å²) in [5.74, 6) is 0. The van der Waals surface area contributed by atoms with Crippen molar-refractivity contribution in [3.63, 3.8) is 0 Å². The maximum Gasteiger partial charge on any atom is 0.404 e. The molecule has 0 aromatic heterocycles. The van der Waals surface area contributed by atoms with Gasteiger partial charge in [0.25, 0.3) is 0 Å². The summed E-state index contributed by atoms with van der Waals surface area (Å²) < 4.78 is 60.7. The van der Waals surface area contributed by atoms with Crippen LogP contribution >= 0.6 is 0 Å². The van der Waals surface area contributed by atoms with Crippen LogP contribution in [-0.4, -0.2) is 149 Å². The number of nitrogens with two attached hydrogens (primary N) is 6. The summed E-state index contributed by atoms with van der Waals surface area (Å²) in [7, 11) is 0. The molecule has 24 heteroatoms. The van der Waals surface area contributed by atoms with Gasteiger partial charge < -0.3 is 91.2 Å². The summed E-state index contributed by atoms with van der Waals surface area (Å²) in [4.78, 5) is 63.5. The third-order valence-corrected chi connectivity index (χ3v) is 7.49. The van der Waals surface area contributed by atoms with Crippen LogP contribution in [-0.2, 0) is 56.8 Å². The van der Waals surface area contributed by atoms with Crippen molar-refractivity contribution in [2.75, 3.05) is 39.6 Å². The van der Waals surface area contributed by atoms with Crippen LogP contribution in [0, 0.1) is 0 Å². The minimum absolute atomic E-state index is 0.164. The number of rotatable bonds is 6. The van der Waals surface area contributed by atoms with Crippen molar-refractivity contribution in [3.05, 3.63) is 0 Å². The topological polar surface area (TPSA) is 369 Å². The van der Waals surface area contributed by atoms with Gasteiger partial charge in [0.2, 0.25) is 0 Å². The fraction of sp³-hybridized carbons (Fsp3) is 0.750. The Morgan fingerprint density at radius 1 is 0.312 bits per heavy atom. The Hall–Kier alpha value is -4.62. The maximum absolute atomic E-state index is 10.6. The molecule has 0 bridgehead atoms. The third-order valence-electron chi connectivity index (χ3n) is 7.49. The molecular formula is C24H36N6O18. The van der Waals surface area contributed by atoms with Crippen molar-refractivity contribution >= 4 is 36.6 Å². The monoisotopic (exact) mass is 696 g/mol. The Morgan fingerprint density at radius 2 is 0.438 bits per heavy atom. The molecule has 0 aromatic carbocycles. The van der Waals surface area contributed by atoms with Crippen molar-refractivity contribution in [3.8, 4) is 0 Å². The Bertz CT molecular complexity index is 979.